The molecule has 0 unspecified atom stereocenters. The van der Waals surface area contributed by atoms with Crippen molar-refractivity contribution >= 4 is 22.3 Å². The van der Waals surface area contributed by atoms with Gasteiger partial charge in [-0.05, 0) is 38.9 Å². The number of hydrogen-bond acceptors (Lipinski definition) is 7. The quantitative estimate of drug-likeness (QED) is 0.689. The number of anilines is 2. The number of phenolic OH excluding ortho intramolecular Hbond substituents is 1. The zero-order valence-corrected chi connectivity index (χ0v) is 17.1. The number of nitrogens with two attached hydrogens (primary N) is 1. The Morgan fingerprint density at radius 1 is 1.24 bits per heavy atom. The molecule has 1 aliphatic rings. The Balaban J connectivity index is 1.65. The minimum Gasteiger partial charge on any atom is -0.508 e. The summed E-state index contributed by atoms with van der Waals surface area (Å²) in [5.74, 6) is 0.746. The molecule has 7 nitrogen and oxygen atoms in total. The van der Waals surface area contributed by atoms with E-state index in [2.05, 4.69) is 25.8 Å². The van der Waals surface area contributed by atoms with Gasteiger partial charge in [-0.2, -0.15) is 9.97 Å². The number of nitrogens with zero attached hydrogens (tertiary/aromatic N) is 4. The Bertz CT molecular complexity index is 1040. The molecule has 29 heavy (non-hydrogen) atoms. The first-order valence-corrected chi connectivity index (χ1v) is 9.84. The molecule has 152 valence electrons. The third-order valence-electron chi connectivity index (χ3n) is 5.17. The van der Waals surface area contributed by atoms with Gasteiger partial charge >= 0.3 is 6.01 Å². The smallest absolute Gasteiger partial charge is 0.318 e. The van der Waals surface area contributed by atoms with Crippen LogP contribution in [0, 0.1) is 0 Å². The van der Waals surface area contributed by atoms with E-state index in [1.54, 1.807) is 6.07 Å². The summed E-state index contributed by atoms with van der Waals surface area (Å²) in [6.45, 7) is 4.13. The number of benzene rings is 2. The Labute approximate surface area is 170 Å². The highest BCUT2D eigenvalue weighted by Crippen LogP contribution is 2.35. The van der Waals surface area contributed by atoms with Crippen molar-refractivity contribution in [2.45, 2.75) is 26.0 Å². The van der Waals surface area contributed by atoms with E-state index in [0.29, 0.717) is 18.4 Å². The molecule has 0 amide bonds. The number of fused-ring (bicyclic) bond motifs is 2. The van der Waals surface area contributed by atoms with Gasteiger partial charge in [-0.3, -0.25) is 0 Å². The second-order valence-electron chi connectivity index (χ2n) is 7.86. The van der Waals surface area contributed by atoms with Gasteiger partial charge < -0.3 is 25.4 Å². The normalized spacial score (nSPS) is 14.8. The molecule has 0 radical (unpaired) electrons. The molecular formula is C22H27N5O2. The van der Waals surface area contributed by atoms with Crippen molar-refractivity contribution in [2.24, 2.45) is 0 Å². The maximum Gasteiger partial charge on any atom is 0.318 e. The van der Waals surface area contributed by atoms with E-state index >= 15 is 0 Å². The minimum absolute atomic E-state index is 0.0443. The Kier molecular flexibility index (Phi) is 5.15. The summed E-state index contributed by atoms with van der Waals surface area (Å²) in [6, 6.07) is 12.0. The van der Waals surface area contributed by atoms with Crippen molar-refractivity contribution in [1.82, 2.24) is 14.9 Å². The standard InChI is InChI=1S/C22H27N5O2/c1-14(12-26(2)3)29-22-24-19-13-27(9-8-18(19)21(23)25-22)20-11-16(28)10-15-6-4-5-7-17(15)20/h4-7,10-11,14,28H,8-9,12-13H2,1-3H3,(H2,23,24,25)/t14-/m0/s1. The van der Waals surface area contributed by atoms with Crippen LogP contribution in [0.5, 0.6) is 11.8 Å². The minimum atomic E-state index is -0.0443. The molecule has 2 aromatic carbocycles. The lowest BCUT2D eigenvalue weighted by Gasteiger charge is -2.31. The maximum absolute atomic E-state index is 10.2. The van der Waals surface area contributed by atoms with Gasteiger partial charge in [-0.15, -0.1) is 0 Å². The molecule has 7 heteroatoms. The lowest BCUT2D eigenvalue weighted by molar-refractivity contribution is 0.163. The molecule has 3 N–H and O–H groups in total. The molecule has 0 aliphatic carbocycles. The maximum atomic E-state index is 10.2. The van der Waals surface area contributed by atoms with Crippen LogP contribution < -0.4 is 15.4 Å². The van der Waals surface area contributed by atoms with E-state index in [1.807, 2.05) is 45.3 Å². The van der Waals surface area contributed by atoms with Crippen molar-refractivity contribution in [1.29, 1.82) is 0 Å². The summed E-state index contributed by atoms with van der Waals surface area (Å²) in [6.07, 6.45) is 0.704. The highest BCUT2D eigenvalue weighted by Gasteiger charge is 2.24. The molecule has 2 heterocycles. The molecule has 4 rings (SSSR count). The fourth-order valence-electron chi connectivity index (χ4n) is 3.96. The molecule has 1 atom stereocenters. The van der Waals surface area contributed by atoms with Crippen LogP contribution in [0.15, 0.2) is 36.4 Å². The van der Waals surface area contributed by atoms with E-state index in [1.165, 1.54) is 0 Å². The van der Waals surface area contributed by atoms with Crippen molar-refractivity contribution in [3.63, 3.8) is 0 Å². The second kappa shape index (κ2) is 7.75. The Morgan fingerprint density at radius 2 is 2.03 bits per heavy atom. The molecule has 1 aliphatic heterocycles. The zero-order chi connectivity index (χ0) is 20.5. The average Bonchev–Trinajstić information content (AvgIpc) is 2.66. The lowest BCUT2D eigenvalue weighted by Crippen LogP contribution is -2.33. The molecule has 3 aromatic rings. The van der Waals surface area contributed by atoms with Crippen molar-refractivity contribution in [3.05, 3.63) is 47.7 Å². The summed E-state index contributed by atoms with van der Waals surface area (Å²) in [5, 5.41) is 12.3. The molecule has 0 saturated heterocycles. The Morgan fingerprint density at radius 3 is 2.83 bits per heavy atom. The topological polar surface area (TPSA) is 87.7 Å². The third-order valence-corrected chi connectivity index (χ3v) is 5.17. The van der Waals surface area contributed by atoms with Gasteiger partial charge in [0.2, 0.25) is 0 Å². The van der Waals surface area contributed by atoms with Crippen LogP contribution in [-0.4, -0.2) is 53.3 Å². The largest absolute Gasteiger partial charge is 0.508 e. The molecule has 0 spiro atoms. The molecule has 1 aromatic heterocycles. The zero-order valence-electron chi connectivity index (χ0n) is 17.1. The molecule has 0 bridgehead atoms. The lowest BCUT2D eigenvalue weighted by atomic mass is 10.0. The third kappa shape index (κ3) is 4.05. The van der Waals surface area contributed by atoms with Gasteiger partial charge in [-0.1, -0.05) is 24.3 Å². The SMILES string of the molecule is C[C@@H](CN(C)C)Oc1nc(N)c2c(n1)CN(c1cc(O)cc3ccccc13)CC2. The van der Waals surface area contributed by atoms with E-state index in [-0.39, 0.29) is 11.9 Å². The second-order valence-corrected chi connectivity index (χ2v) is 7.86. The van der Waals surface area contributed by atoms with Crippen molar-refractivity contribution in [2.75, 3.05) is 37.8 Å². The summed E-state index contributed by atoms with van der Waals surface area (Å²) in [5.41, 5.74) is 9.07. The number of likely N-dealkylation sites (N-methyl/N-ethyl adjacent to an activating group) is 1. The average molecular weight is 393 g/mol. The number of ether oxygens (including phenoxy) is 1. The van der Waals surface area contributed by atoms with E-state index < -0.39 is 0 Å². The van der Waals surface area contributed by atoms with Crippen LogP contribution in [0.3, 0.4) is 0 Å². The Hall–Kier alpha value is -3.06. The first kappa shape index (κ1) is 19.3. The highest BCUT2D eigenvalue weighted by atomic mass is 16.5. The van der Waals surface area contributed by atoms with Gasteiger partial charge in [0.15, 0.2) is 0 Å². The molecule has 0 saturated carbocycles. The van der Waals surface area contributed by atoms with Crippen LogP contribution >= 0.6 is 0 Å². The van der Waals surface area contributed by atoms with Crippen LogP contribution in [0.25, 0.3) is 10.8 Å². The monoisotopic (exact) mass is 393 g/mol. The van der Waals surface area contributed by atoms with Crippen LogP contribution in [-0.2, 0) is 13.0 Å². The number of rotatable bonds is 5. The molecular weight excluding hydrogens is 366 g/mol. The van der Waals surface area contributed by atoms with E-state index in [9.17, 15) is 5.11 Å². The number of aromatic nitrogens is 2. The summed E-state index contributed by atoms with van der Waals surface area (Å²) < 4.78 is 5.90. The van der Waals surface area contributed by atoms with Gasteiger partial charge in [0, 0.05) is 35.8 Å². The predicted molar refractivity (Wildman–Crippen MR) is 115 cm³/mol. The predicted octanol–water partition coefficient (Wildman–Crippen LogP) is 2.81. The van der Waals surface area contributed by atoms with E-state index in [0.717, 1.165) is 47.2 Å². The van der Waals surface area contributed by atoms with Crippen molar-refractivity contribution in [3.8, 4) is 11.8 Å². The van der Waals surface area contributed by atoms with Gasteiger partial charge in [0.1, 0.15) is 17.7 Å². The molecule has 0 fully saturated rings. The van der Waals surface area contributed by atoms with E-state index in [4.69, 9.17) is 10.5 Å². The summed E-state index contributed by atoms with van der Waals surface area (Å²) in [7, 11) is 4.00. The fraction of sp³-hybridized carbons (Fsp3) is 0.364. The highest BCUT2D eigenvalue weighted by molar-refractivity contribution is 5.95. The van der Waals surface area contributed by atoms with Crippen LogP contribution in [0.2, 0.25) is 0 Å². The first-order chi connectivity index (χ1) is 13.9. The van der Waals surface area contributed by atoms with Crippen molar-refractivity contribution < 1.29 is 9.84 Å². The van der Waals surface area contributed by atoms with Gasteiger partial charge in [-0.25, -0.2) is 0 Å². The fourth-order valence-corrected chi connectivity index (χ4v) is 3.96. The summed E-state index contributed by atoms with van der Waals surface area (Å²) >= 11 is 0. The first-order valence-electron chi connectivity index (χ1n) is 9.84. The number of nitrogen functional groups attached to an aromatic ring is 1. The van der Waals surface area contributed by atoms with Gasteiger partial charge in [0.25, 0.3) is 0 Å². The number of aromatic hydroxyl groups is 1. The number of hydrogen-bond donors (Lipinski definition) is 2. The van der Waals surface area contributed by atoms with Crippen LogP contribution in [0.1, 0.15) is 18.2 Å². The van der Waals surface area contributed by atoms with Crippen LogP contribution in [0.4, 0.5) is 11.5 Å². The van der Waals surface area contributed by atoms with Gasteiger partial charge in [0.05, 0.1) is 12.2 Å². The summed E-state index contributed by atoms with van der Waals surface area (Å²) in [4.78, 5) is 13.3. The number of phenols is 1.